The Bertz CT molecular complexity index is 1320. The Hall–Kier alpha value is -4.00. The van der Waals surface area contributed by atoms with Gasteiger partial charge in [-0.3, -0.25) is 4.79 Å². The van der Waals surface area contributed by atoms with Gasteiger partial charge >= 0.3 is 6.18 Å². The van der Waals surface area contributed by atoms with Crippen LogP contribution in [0.4, 0.5) is 30.6 Å². The van der Waals surface area contributed by atoms with Crippen molar-refractivity contribution in [3.05, 3.63) is 53.6 Å². The van der Waals surface area contributed by atoms with Crippen LogP contribution in [-0.2, 0) is 28.7 Å². The van der Waals surface area contributed by atoms with Crippen LogP contribution < -0.4 is 19.9 Å². The highest BCUT2D eigenvalue weighted by atomic mass is 19.4. The number of nitrogens with zero attached hydrogens (tertiary/aromatic N) is 6. The molecule has 10 nitrogen and oxygen atoms in total. The van der Waals surface area contributed by atoms with E-state index in [2.05, 4.69) is 20.3 Å². The van der Waals surface area contributed by atoms with E-state index in [1.54, 1.807) is 30.3 Å². The van der Waals surface area contributed by atoms with E-state index in [0.29, 0.717) is 24.9 Å². The van der Waals surface area contributed by atoms with Gasteiger partial charge in [0.1, 0.15) is 23.2 Å². The Morgan fingerprint density at radius 3 is 2.63 bits per heavy atom. The fourth-order valence-electron chi connectivity index (χ4n) is 4.59. The lowest BCUT2D eigenvalue weighted by Gasteiger charge is -2.44. The molecule has 1 N–H and O–H groups in total. The first-order chi connectivity index (χ1) is 18.2. The molecule has 3 aromatic rings. The number of alkyl halides is 3. The minimum absolute atomic E-state index is 0.0138. The molecule has 0 saturated heterocycles. The molecule has 38 heavy (non-hydrogen) atoms. The van der Waals surface area contributed by atoms with Crippen molar-refractivity contribution in [1.82, 2.24) is 19.9 Å². The number of ether oxygens (including phenoxy) is 2. The predicted molar refractivity (Wildman–Crippen MR) is 132 cm³/mol. The summed E-state index contributed by atoms with van der Waals surface area (Å²) in [5, 5.41) is 3.22. The molecule has 0 unspecified atom stereocenters. The van der Waals surface area contributed by atoms with Crippen molar-refractivity contribution >= 4 is 23.4 Å². The number of rotatable bonds is 7. The number of hydrogen-bond acceptors (Lipinski definition) is 9. The predicted octanol–water partition coefficient (Wildman–Crippen LogP) is 3.82. The molecule has 0 aromatic carbocycles. The van der Waals surface area contributed by atoms with E-state index in [0.717, 1.165) is 42.0 Å². The van der Waals surface area contributed by atoms with Gasteiger partial charge in [-0.2, -0.15) is 18.2 Å². The molecule has 13 heteroatoms. The molecule has 0 bridgehead atoms. The molecule has 2 atom stereocenters. The van der Waals surface area contributed by atoms with E-state index in [-0.39, 0.29) is 23.6 Å². The van der Waals surface area contributed by atoms with Crippen molar-refractivity contribution in [3.8, 4) is 11.6 Å². The highest BCUT2D eigenvalue weighted by Crippen LogP contribution is 2.40. The third-order valence-corrected chi connectivity index (χ3v) is 6.59. The number of methoxy groups -OCH3 is 1. The number of nitrogens with one attached hydrogen (secondary N) is 1. The first-order valence-corrected chi connectivity index (χ1v) is 12.0. The van der Waals surface area contributed by atoms with Crippen LogP contribution in [-0.4, -0.2) is 58.7 Å². The highest BCUT2D eigenvalue weighted by Gasteiger charge is 2.43. The van der Waals surface area contributed by atoms with Gasteiger partial charge in [-0.1, -0.05) is 6.07 Å². The van der Waals surface area contributed by atoms with Crippen LogP contribution in [0, 0.1) is 0 Å². The maximum Gasteiger partial charge on any atom is 0.433 e. The average Bonchev–Trinajstić information content (AvgIpc) is 2.91. The summed E-state index contributed by atoms with van der Waals surface area (Å²) in [5.41, 5.74) is 1.40. The molecule has 1 amide bonds. The zero-order valence-electron chi connectivity index (χ0n) is 21.0. The summed E-state index contributed by atoms with van der Waals surface area (Å²) in [6, 6.07) is 4.94. The van der Waals surface area contributed by atoms with Gasteiger partial charge in [0, 0.05) is 39.5 Å². The molecule has 0 fully saturated rings. The Labute approximate surface area is 216 Å². The number of hydrogen-bond donors (Lipinski definition) is 1. The van der Waals surface area contributed by atoms with Crippen molar-refractivity contribution in [2.24, 2.45) is 0 Å². The summed E-state index contributed by atoms with van der Waals surface area (Å²) in [7, 11) is 3.42. The second-order valence-electron chi connectivity index (χ2n) is 9.09. The molecule has 200 valence electrons. The van der Waals surface area contributed by atoms with Gasteiger partial charge in [-0.15, -0.1) is 0 Å². The molecular weight excluding hydrogens is 503 g/mol. The number of aryl methyl sites for hydroxylation is 1. The van der Waals surface area contributed by atoms with Crippen LogP contribution in [0.1, 0.15) is 30.3 Å². The molecule has 0 radical (unpaired) electrons. The van der Waals surface area contributed by atoms with Gasteiger partial charge in [-0.25, -0.2) is 15.0 Å². The molecule has 3 aromatic heterocycles. The lowest BCUT2D eigenvalue weighted by atomic mass is 9.99. The summed E-state index contributed by atoms with van der Waals surface area (Å²) in [5.74, 6) is 1.46. The Morgan fingerprint density at radius 2 is 1.97 bits per heavy atom. The Balaban J connectivity index is 1.29. The number of carbonyl (C=O) groups is 1. The summed E-state index contributed by atoms with van der Waals surface area (Å²) >= 11 is 0. The fraction of sp³-hybridized carbons (Fsp3) is 0.400. The van der Waals surface area contributed by atoms with Crippen molar-refractivity contribution in [3.63, 3.8) is 0 Å². The SMILES string of the molecule is CO[C@@H](C)[C@H]1C(=O)N2CCCc3nc(NCc4ccc(Oc5ccc(C(F)(F)F)nc5)nc4)nc(c32)N1C. The average molecular weight is 530 g/mol. The molecule has 2 aliphatic rings. The number of halogens is 3. The number of amides is 1. The third kappa shape index (κ3) is 4.93. The van der Waals surface area contributed by atoms with E-state index in [1.807, 2.05) is 18.9 Å². The third-order valence-electron chi connectivity index (χ3n) is 6.59. The van der Waals surface area contributed by atoms with Gasteiger partial charge < -0.3 is 24.6 Å². The van der Waals surface area contributed by atoms with E-state index in [1.165, 1.54) is 6.07 Å². The maximum absolute atomic E-state index is 13.2. The van der Waals surface area contributed by atoms with Gasteiger partial charge in [-0.05, 0) is 37.5 Å². The monoisotopic (exact) mass is 529 g/mol. The lowest BCUT2D eigenvalue weighted by molar-refractivity contribution is -0.141. The van der Waals surface area contributed by atoms with E-state index >= 15 is 0 Å². The molecule has 0 aliphatic carbocycles. The van der Waals surface area contributed by atoms with Crippen LogP contribution in [0.15, 0.2) is 36.7 Å². The first kappa shape index (κ1) is 25.6. The molecule has 2 aliphatic heterocycles. The number of aromatic nitrogens is 4. The zero-order valence-corrected chi connectivity index (χ0v) is 21.0. The van der Waals surface area contributed by atoms with E-state index in [9.17, 15) is 18.0 Å². The number of likely N-dealkylation sites (N-methyl/N-ethyl adjacent to an activating group) is 1. The van der Waals surface area contributed by atoms with Crippen molar-refractivity contribution in [2.75, 3.05) is 35.8 Å². The quantitative estimate of drug-likeness (QED) is 0.489. The van der Waals surface area contributed by atoms with Crippen LogP contribution in [0.3, 0.4) is 0 Å². The summed E-state index contributed by atoms with van der Waals surface area (Å²) in [4.78, 5) is 33.8. The molecule has 5 heterocycles. The molecule has 0 spiro atoms. The Kier molecular flexibility index (Phi) is 6.78. The minimum atomic E-state index is -4.51. The van der Waals surface area contributed by atoms with Gasteiger partial charge in [0.05, 0.1) is 18.0 Å². The summed E-state index contributed by atoms with van der Waals surface area (Å²) < 4.78 is 49.0. The minimum Gasteiger partial charge on any atom is -0.437 e. The van der Waals surface area contributed by atoms with Gasteiger partial charge in [0.25, 0.3) is 5.91 Å². The lowest BCUT2D eigenvalue weighted by Crippen LogP contribution is -2.58. The zero-order chi connectivity index (χ0) is 27.0. The molecule has 5 rings (SSSR count). The number of carbonyl (C=O) groups excluding carboxylic acids is 1. The molecule has 0 saturated carbocycles. The standard InChI is InChI=1S/C25H26F3N7O3/c1-14(37-3)20-23(36)35-10-4-5-17-21(35)22(34(20)2)33-24(32-17)31-12-15-6-9-19(30-11-15)38-16-7-8-18(29-13-16)25(26,27)28/h6-9,11,13-14,20H,4-5,10,12H2,1-3H3,(H,31,32,33)/t14-,20-/m0/s1. The van der Waals surface area contributed by atoms with Crippen LogP contribution in [0.25, 0.3) is 0 Å². The molecular formula is C25H26F3N7O3. The maximum atomic E-state index is 13.2. The van der Waals surface area contributed by atoms with Crippen LogP contribution in [0.2, 0.25) is 0 Å². The largest absolute Gasteiger partial charge is 0.437 e. The smallest absolute Gasteiger partial charge is 0.433 e. The second-order valence-corrected chi connectivity index (χ2v) is 9.09. The second kappa shape index (κ2) is 10.0. The van der Waals surface area contributed by atoms with Crippen LogP contribution >= 0.6 is 0 Å². The van der Waals surface area contributed by atoms with Crippen molar-refractivity contribution in [2.45, 2.75) is 44.6 Å². The summed E-state index contributed by atoms with van der Waals surface area (Å²) in [6.07, 6.45) is -0.682. The normalized spacial score (nSPS) is 17.7. The number of anilines is 3. The van der Waals surface area contributed by atoms with Gasteiger partial charge in [0.15, 0.2) is 5.82 Å². The Morgan fingerprint density at radius 1 is 1.16 bits per heavy atom. The van der Waals surface area contributed by atoms with Crippen molar-refractivity contribution in [1.29, 1.82) is 0 Å². The topological polar surface area (TPSA) is 106 Å². The van der Waals surface area contributed by atoms with Gasteiger partial charge in [0.2, 0.25) is 11.8 Å². The van der Waals surface area contributed by atoms with E-state index < -0.39 is 17.9 Å². The number of pyridine rings is 2. The van der Waals surface area contributed by atoms with E-state index in [4.69, 9.17) is 14.5 Å². The highest BCUT2D eigenvalue weighted by molar-refractivity contribution is 6.06. The first-order valence-electron chi connectivity index (χ1n) is 12.0. The summed E-state index contributed by atoms with van der Waals surface area (Å²) in [6.45, 7) is 2.86. The van der Waals surface area contributed by atoms with Crippen molar-refractivity contribution < 1.29 is 27.4 Å². The fourth-order valence-corrected chi connectivity index (χ4v) is 4.59. The van der Waals surface area contributed by atoms with Crippen LogP contribution in [0.5, 0.6) is 11.6 Å².